The molecule has 20 heavy (non-hydrogen) atoms. The van der Waals surface area contributed by atoms with Crippen LogP contribution >= 0.6 is 11.8 Å². The van der Waals surface area contributed by atoms with Crippen molar-refractivity contribution in [2.75, 3.05) is 12.3 Å². The van der Waals surface area contributed by atoms with Gasteiger partial charge in [-0.05, 0) is 31.5 Å². The molecule has 0 fully saturated rings. The zero-order chi connectivity index (χ0) is 14.5. The lowest BCUT2D eigenvalue weighted by molar-refractivity contribution is 0.0524. The van der Waals surface area contributed by atoms with Gasteiger partial charge in [0.2, 0.25) is 0 Å². The molecule has 0 aliphatic heterocycles. The molecule has 0 radical (unpaired) electrons. The summed E-state index contributed by atoms with van der Waals surface area (Å²) in [5, 5.41) is 0. The minimum absolute atomic E-state index is 0.349. The van der Waals surface area contributed by atoms with Gasteiger partial charge in [0.15, 0.2) is 0 Å². The number of para-hydroxylation sites is 1. The number of anilines is 1. The third-order valence-electron chi connectivity index (χ3n) is 2.88. The molecule has 2 aromatic rings. The lowest BCUT2D eigenvalue weighted by Gasteiger charge is -2.07. The van der Waals surface area contributed by atoms with Crippen molar-refractivity contribution in [3.63, 3.8) is 0 Å². The van der Waals surface area contributed by atoms with Gasteiger partial charge in [0.05, 0.1) is 18.6 Å². The summed E-state index contributed by atoms with van der Waals surface area (Å²) in [5.41, 5.74) is 8.31. The van der Waals surface area contributed by atoms with Gasteiger partial charge in [0, 0.05) is 10.6 Å². The molecule has 0 amide bonds. The Morgan fingerprint density at radius 3 is 2.95 bits per heavy atom. The maximum absolute atomic E-state index is 11.7. The second-order valence-corrected chi connectivity index (χ2v) is 5.27. The number of thioether (sulfide) groups is 1. The third kappa shape index (κ3) is 3.17. The van der Waals surface area contributed by atoms with E-state index in [4.69, 9.17) is 14.9 Å². The quantitative estimate of drug-likeness (QED) is 0.517. The predicted octanol–water partition coefficient (Wildman–Crippen LogP) is 3.64. The van der Waals surface area contributed by atoms with Crippen LogP contribution in [-0.2, 0) is 10.5 Å². The van der Waals surface area contributed by atoms with E-state index in [-0.39, 0.29) is 5.97 Å². The van der Waals surface area contributed by atoms with Crippen LogP contribution in [0.1, 0.15) is 28.6 Å². The molecular weight excluding hydrogens is 274 g/mol. The first-order valence-corrected chi connectivity index (χ1v) is 7.33. The van der Waals surface area contributed by atoms with Gasteiger partial charge in [-0.3, -0.25) is 0 Å². The van der Waals surface area contributed by atoms with E-state index in [0.29, 0.717) is 23.7 Å². The summed E-state index contributed by atoms with van der Waals surface area (Å²) in [6.45, 7) is 4.09. The molecule has 2 N–H and O–H groups in total. The Morgan fingerprint density at radius 2 is 2.20 bits per heavy atom. The minimum atomic E-state index is -0.353. The van der Waals surface area contributed by atoms with E-state index in [1.807, 2.05) is 25.1 Å². The Hall–Kier alpha value is -1.88. The summed E-state index contributed by atoms with van der Waals surface area (Å²) in [6.07, 6.45) is 1.50. The molecular formula is C15H17NO3S. The molecule has 1 aromatic heterocycles. The van der Waals surface area contributed by atoms with Crippen molar-refractivity contribution in [1.29, 1.82) is 0 Å². The first-order chi connectivity index (χ1) is 9.63. The highest BCUT2D eigenvalue weighted by atomic mass is 32.2. The second-order valence-electron chi connectivity index (χ2n) is 4.25. The zero-order valence-electron chi connectivity index (χ0n) is 11.5. The van der Waals surface area contributed by atoms with Gasteiger partial charge in [-0.15, -0.1) is 11.8 Å². The van der Waals surface area contributed by atoms with Gasteiger partial charge < -0.3 is 14.9 Å². The van der Waals surface area contributed by atoms with Crippen molar-refractivity contribution in [3.05, 3.63) is 47.4 Å². The third-order valence-corrected chi connectivity index (χ3v) is 3.96. The largest absolute Gasteiger partial charge is 0.468 e. The number of nitrogen functional groups attached to an aromatic ring is 1. The van der Waals surface area contributed by atoms with Crippen molar-refractivity contribution in [1.82, 2.24) is 0 Å². The second kappa shape index (κ2) is 6.52. The Morgan fingerprint density at radius 1 is 1.40 bits per heavy atom. The molecule has 0 aliphatic carbocycles. The summed E-state index contributed by atoms with van der Waals surface area (Å²) in [6, 6.07) is 7.52. The van der Waals surface area contributed by atoms with Gasteiger partial charge in [0.1, 0.15) is 11.3 Å². The van der Waals surface area contributed by atoms with E-state index in [1.54, 1.807) is 24.8 Å². The first-order valence-electron chi connectivity index (χ1n) is 6.34. The Labute approximate surface area is 122 Å². The highest BCUT2D eigenvalue weighted by Gasteiger charge is 2.16. The summed E-state index contributed by atoms with van der Waals surface area (Å²) < 4.78 is 10.4. The molecule has 106 valence electrons. The summed E-state index contributed by atoms with van der Waals surface area (Å²) in [5.74, 6) is 0.790. The molecule has 2 rings (SSSR count). The number of hydrogen-bond donors (Lipinski definition) is 1. The number of carbonyl (C=O) groups is 1. The van der Waals surface area contributed by atoms with Gasteiger partial charge in [0.25, 0.3) is 0 Å². The van der Waals surface area contributed by atoms with Gasteiger partial charge in [-0.1, -0.05) is 12.1 Å². The molecule has 4 nitrogen and oxygen atoms in total. The number of rotatable bonds is 5. The summed E-state index contributed by atoms with van der Waals surface area (Å²) in [7, 11) is 0. The van der Waals surface area contributed by atoms with Crippen molar-refractivity contribution in [2.24, 2.45) is 0 Å². The fraction of sp³-hybridized carbons (Fsp3) is 0.267. The fourth-order valence-corrected chi connectivity index (χ4v) is 2.77. The number of furan rings is 1. The highest BCUT2D eigenvalue weighted by Crippen LogP contribution is 2.31. The van der Waals surface area contributed by atoms with Gasteiger partial charge in [-0.25, -0.2) is 4.79 Å². The van der Waals surface area contributed by atoms with Gasteiger partial charge >= 0.3 is 5.97 Å². The predicted molar refractivity (Wildman–Crippen MR) is 79.8 cm³/mol. The summed E-state index contributed by atoms with van der Waals surface area (Å²) >= 11 is 1.54. The normalized spacial score (nSPS) is 10.5. The van der Waals surface area contributed by atoms with E-state index in [1.165, 1.54) is 6.26 Å². The van der Waals surface area contributed by atoms with E-state index in [2.05, 4.69) is 0 Å². The topological polar surface area (TPSA) is 65.5 Å². The average molecular weight is 291 g/mol. The number of hydrogen-bond acceptors (Lipinski definition) is 5. The minimum Gasteiger partial charge on any atom is -0.468 e. The van der Waals surface area contributed by atoms with E-state index in [9.17, 15) is 4.79 Å². The maximum Gasteiger partial charge on any atom is 0.341 e. The van der Waals surface area contributed by atoms with Crippen molar-refractivity contribution in [2.45, 2.75) is 24.5 Å². The number of nitrogens with two attached hydrogens (primary N) is 1. The zero-order valence-corrected chi connectivity index (χ0v) is 12.3. The van der Waals surface area contributed by atoms with Crippen molar-refractivity contribution in [3.8, 4) is 0 Å². The molecule has 1 aromatic carbocycles. The molecule has 0 spiro atoms. The fourth-order valence-electron chi connectivity index (χ4n) is 1.77. The molecule has 0 saturated carbocycles. The van der Waals surface area contributed by atoms with E-state index >= 15 is 0 Å². The van der Waals surface area contributed by atoms with E-state index in [0.717, 1.165) is 16.1 Å². The van der Waals surface area contributed by atoms with Crippen molar-refractivity contribution >= 4 is 23.4 Å². The molecule has 0 saturated heterocycles. The SMILES string of the molecule is CCOC(=O)c1ccoc1CSc1cccc(C)c1N. The van der Waals surface area contributed by atoms with Crippen LogP contribution in [-0.4, -0.2) is 12.6 Å². The number of benzene rings is 1. The van der Waals surface area contributed by atoms with Crippen LogP contribution in [0.4, 0.5) is 5.69 Å². The standard InChI is InChI=1S/C15H17NO3S/c1-3-18-15(17)11-7-8-19-12(11)9-20-13-6-4-5-10(2)14(13)16/h4-8H,3,9,16H2,1-2H3. The Bertz CT molecular complexity index is 607. The highest BCUT2D eigenvalue weighted by molar-refractivity contribution is 7.98. The number of aryl methyl sites for hydroxylation is 1. The average Bonchev–Trinajstić information content (AvgIpc) is 2.89. The van der Waals surface area contributed by atoms with Crippen LogP contribution in [0.5, 0.6) is 0 Å². The smallest absolute Gasteiger partial charge is 0.341 e. The maximum atomic E-state index is 11.7. The lowest BCUT2D eigenvalue weighted by atomic mass is 10.2. The van der Waals surface area contributed by atoms with Crippen LogP contribution < -0.4 is 5.73 Å². The Kier molecular flexibility index (Phi) is 4.74. The molecule has 0 atom stereocenters. The van der Waals surface area contributed by atoms with Gasteiger partial charge in [-0.2, -0.15) is 0 Å². The number of esters is 1. The van der Waals surface area contributed by atoms with Crippen LogP contribution in [0.25, 0.3) is 0 Å². The molecule has 5 heteroatoms. The molecule has 0 aliphatic rings. The van der Waals surface area contributed by atoms with Crippen molar-refractivity contribution < 1.29 is 13.9 Å². The summed E-state index contributed by atoms with van der Waals surface area (Å²) in [4.78, 5) is 12.7. The molecule has 0 unspecified atom stereocenters. The van der Waals surface area contributed by atoms with E-state index < -0.39 is 0 Å². The monoisotopic (exact) mass is 291 g/mol. The van der Waals surface area contributed by atoms with Crippen LogP contribution in [0.3, 0.4) is 0 Å². The first kappa shape index (κ1) is 14.5. The molecule has 0 bridgehead atoms. The Balaban J connectivity index is 2.10. The van der Waals surface area contributed by atoms with Crippen LogP contribution in [0.15, 0.2) is 39.8 Å². The van der Waals surface area contributed by atoms with Crippen LogP contribution in [0.2, 0.25) is 0 Å². The lowest BCUT2D eigenvalue weighted by Crippen LogP contribution is -2.05. The number of carbonyl (C=O) groups excluding carboxylic acids is 1. The van der Waals surface area contributed by atoms with Crippen LogP contribution in [0, 0.1) is 6.92 Å². The molecule has 1 heterocycles. The number of ether oxygens (including phenoxy) is 1.